The molecule has 1 atom stereocenters. The van der Waals surface area contributed by atoms with Gasteiger partial charge in [0.15, 0.2) is 0 Å². The number of amides is 2. The molecule has 1 aliphatic rings. The Balaban J connectivity index is 2.04. The Kier molecular flexibility index (Phi) is 3.21. The third-order valence-electron chi connectivity index (χ3n) is 3.31. The minimum Gasteiger partial charge on any atom is -0.483 e. The van der Waals surface area contributed by atoms with Gasteiger partial charge in [-0.1, -0.05) is 42.5 Å². The van der Waals surface area contributed by atoms with Crippen molar-refractivity contribution >= 4 is 12.3 Å². The first-order valence-electron chi connectivity index (χ1n) is 6.36. The molecule has 2 aromatic rings. The molecule has 4 heteroatoms. The van der Waals surface area contributed by atoms with E-state index in [1.807, 2.05) is 36.4 Å². The highest BCUT2D eigenvalue weighted by Gasteiger charge is 2.29. The van der Waals surface area contributed by atoms with Crippen molar-refractivity contribution < 1.29 is 14.3 Å². The summed E-state index contributed by atoms with van der Waals surface area (Å²) in [5, 5.41) is 0. The van der Waals surface area contributed by atoms with Gasteiger partial charge in [-0.15, -0.1) is 0 Å². The first-order chi connectivity index (χ1) is 9.79. The number of para-hydroxylation sites is 1. The Hall–Kier alpha value is -2.62. The molecule has 0 aliphatic carbocycles. The normalized spacial score (nSPS) is 17.9. The lowest BCUT2D eigenvalue weighted by Crippen LogP contribution is -2.32. The zero-order valence-corrected chi connectivity index (χ0v) is 10.7. The molecular weight excluding hydrogens is 254 g/mol. The van der Waals surface area contributed by atoms with Crippen molar-refractivity contribution in [2.75, 3.05) is 6.54 Å². The Morgan fingerprint density at radius 3 is 2.50 bits per heavy atom. The van der Waals surface area contributed by atoms with Crippen LogP contribution in [0.15, 0.2) is 54.6 Å². The summed E-state index contributed by atoms with van der Waals surface area (Å²) in [6, 6.07) is 16.6. The maximum absolute atomic E-state index is 12.3. The molecule has 4 nitrogen and oxygen atoms in total. The summed E-state index contributed by atoms with van der Waals surface area (Å²) in [6.45, 7) is 0.209. The Morgan fingerprint density at radius 1 is 1.05 bits per heavy atom. The third-order valence-corrected chi connectivity index (χ3v) is 3.31. The molecule has 0 fully saturated rings. The van der Waals surface area contributed by atoms with Gasteiger partial charge in [0, 0.05) is 0 Å². The van der Waals surface area contributed by atoms with Crippen molar-refractivity contribution in [1.82, 2.24) is 4.90 Å². The third kappa shape index (κ3) is 2.16. The van der Waals surface area contributed by atoms with Crippen LogP contribution in [0.2, 0.25) is 0 Å². The van der Waals surface area contributed by atoms with Crippen LogP contribution in [0.5, 0.6) is 5.75 Å². The number of rotatable bonds is 2. The van der Waals surface area contributed by atoms with Crippen molar-refractivity contribution in [3.05, 3.63) is 65.7 Å². The van der Waals surface area contributed by atoms with Crippen LogP contribution >= 0.6 is 0 Å². The molecular formula is C16H13NO3. The molecule has 0 saturated heterocycles. The molecule has 0 aromatic heterocycles. The number of ether oxygens (including phenoxy) is 1. The largest absolute Gasteiger partial charge is 0.483 e. The van der Waals surface area contributed by atoms with E-state index in [4.69, 9.17) is 4.74 Å². The monoisotopic (exact) mass is 267 g/mol. The van der Waals surface area contributed by atoms with Crippen molar-refractivity contribution in [2.24, 2.45) is 0 Å². The minimum absolute atomic E-state index is 0.209. The average molecular weight is 267 g/mol. The van der Waals surface area contributed by atoms with E-state index in [-0.39, 0.29) is 18.6 Å². The number of carbonyl (C=O) groups excluding carboxylic acids is 2. The zero-order valence-electron chi connectivity index (χ0n) is 10.7. The predicted molar refractivity (Wildman–Crippen MR) is 73.4 cm³/mol. The van der Waals surface area contributed by atoms with Gasteiger partial charge in [0.2, 0.25) is 6.41 Å². The summed E-state index contributed by atoms with van der Waals surface area (Å²) in [5.74, 6) is 0.185. The highest BCUT2D eigenvalue weighted by Crippen LogP contribution is 2.30. The van der Waals surface area contributed by atoms with E-state index in [9.17, 15) is 9.59 Å². The highest BCUT2D eigenvalue weighted by molar-refractivity contribution is 6.02. The lowest BCUT2D eigenvalue weighted by atomic mass is 10.1. The fraction of sp³-hybridized carbons (Fsp3) is 0.125. The molecule has 1 aliphatic heterocycles. The SMILES string of the molecule is O=CN1CC(c2ccccc2)Oc2ccccc2C1=O. The molecule has 0 bridgehead atoms. The minimum atomic E-state index is -0.353. The fourth-order valence-electron chi connectivity index (χ4n) is 2.28. The van der Waals surface area contributed by atoms with E-state index in [2.05, 4.69) is 0 Å². The summed E-state index contributed by atoms with van der Waals surface area (Å²) in [5.41, 5.74) is 1.35. The predicted octanol–water partition coefficient (Wildman–Crippen LogP) is 2.42. The standard InChI is InChI=1S/C16H13NO3/c18-11-17-10-15(12-6-2-1-3-7-12)20-14-9-5-4-8-13(14)16(17)19/h1-9,11,15H,10H2. The van der Waals surface area contributed by atoms with E-state index in [0.717, 1.165) is 10.5 Å². The van der Waals surface area contributed by atoms with Crippen LogP contribution in [0.25, 0.3) is 0 Å². The summed E-state index contributed by atoms with van der Waals surface area (Å²) < 4.78 is 5.92. The van der Waals surface area contributed by atoms with Gasteiger partial charge in [0.25, 0.3) is 5.91 Å². The summed E-state index contributed by atoms with van der Waals surface area (Å²) in [7, 11) is 0. The fourth-order valence-corrected chi connectivity index (χ4v) is 2.28. The number of benzene rings is 2. The maximum atomic E-state index is 12.3. The molecule has 0 radical (unpaired) electrons. The smallest absolute Gasteiger partial charge is 0.264 e. The molecule has 100 valence electrons. The summed E-state index contributed by atoms with van der Waals surface area (Å²) in [6.07, 6.45) is 0.206. The Labute approximate surface area is 116 Å². The Morgan fingerprint density at radius 2 is 1.75 bits per heavy atom. The van der Waals surface area contributed by atoms with Gasteiger partial charge in [0.1, 0.15) is 11.9 Å². The van der Waals surface area contributed by atoms with Crippen molar-refractivity contribution in [1.29, 1.82) is 0 Å². The number of nitrogens with zero attached hydrogens (tertiary/aromatic N) is 1. The van der Waals surface area contributed by atoms with E-state index in [0.29, 0.717) is 17.7 Å². The second-order valence-electron chi connectivity index (χ2n) is 4.58. The average Bonchev–Trinajstić information content (AvgIpc) is 2.65. The quantitative estimate of drug-likeness (QED) is 0.785. The molecule has 2 amide bonds. The van der Waals surface area contributed by atoms with Crippen molar-refractivity contribution in [3.63, 3.8) is 0 Å². The molecule has 20 heavy (non-hydrogen) atoms. The van der Waals surface area contributed by atoms with Crippen LogP contribution in [-0.4, -0.2) is 23.8 Å². The zero-order chi connectivity index (χ0) is 13.9. The number of carbonyl (C=O) groups is 2. The van der Waals surface area contributed by atoms with Crippen molar-refractivity contribution in [2.45, 2.75) is 6.10 Å². The van der Waals surface area contributed by atoms with Gasteiger partial charge in [-0.2, -0.15) is 0 Å². The second-order valence-corrected chi connectivity index (χ2v) is 4.58. The van der Waals surface area contributed by atoms with Crippen LogP contribution in [0.4, 0.5) is 0 Å². The molecule has 0 N–H and O–H groups in total. The van der Waals surface area contributed by atoms with Crippen LogP contribution < -0.4 is 4.74 Å². The first-order valence-corrected chi connectivity index (χ1v) is 6.36. The lowest BCUT2D eigenvalue weighted by Gasteiger charge is -2.19. The van der Waals surface area contributed by atoms with Crippen molar-refractivity contribution in [3.8, 4) is 5.75 Å². The second kappa shape index (κ2) is 5.17. The molecule has 1 heterocycles. The molecule has 0 spiro atoms. The van der Waals surface area contributed by atoms with Gasteiger partial charge in [0.05, 0.1) is 12.1 Å². The van der Waals surface area contributed by atoms with E-state index in [1.54, 1.807) is 18.2 Å². The maximum Gasteiger partial charge on any atom is 0.264 e. The van der Waals surface area contributed by atoms with Gasteiger partial charge in [-0.25, -0.2) is 0 Å². The van der Waals surface area contributed by atoms with Gasteiger partial charge < -0.3 is 4.74 Å². The lowest BCUT2D eigenvalue weighted by molar-refractivity contribution is -0.116. The summed E-state index contributed by atoms with van der Waals surface area (Å²) in [4.78, 5) is 24.6. The van der Waals surface area contributed by atoms with E-state index >= 15 is 0 Å². The van der Waals surface area contributed by atoms with E-state index in [1.165, 1.54) is 0 Å². The molecule has 3 rings (SSSR count). The van der Waals surface area contributed by atoms with Crippen LogP contribution in [-0.2, 0) is 4.79 Å². The Bertz CT molecular complexity index is 639. The molecule has 0 saturated carbocycles. The number of fused-ring (bicyclic) bond motifs is 1. The van der Waals surface area contributed by atoms with E-state index < -0.39 is 0 Å². The number of hydrogen-bond acceptors (Lipinski definition) is 3. The first kappa shape index (κ1) is 12.4. The topological polar surface area (TPSA) is 46.6 Å². The molecule has 2 aromatic carbocycles. The van der Waals surface area contributed by atoms with Crippen LogP contribution in [0.3, 0.4) is 0 Å². The van der Waals surface area contributed by atoms with Crippen LogP contribution in [0, 0.1) is 0 Å². The number of imide groups is 1. The van der Waals surface area contributed by atoms with Gasteiger partial charge in [-0.3, -0.25) is 14.5 Å². The number of hydrogen-bond donors (Lipinski definition) is 0. The highest BCUT2D eigenvalue weighted by atomic mass is 16.5. The van der Waals surface area contributed by atoms with Gasteiger partial charge in [-0.05, 0) is 17.7 Å². The van der Waals surface area contributed by atoms with Crippen LogP contribution in [0.1, 0.15) is 22.0 Å². The molecule has 1 unspecified atom stereocenters. The van der Waals surface area contributed by atoms with Gasteiger partial charge >= 0.3 is 0 Å². The summed E-state index contributed by atoms with van der Waals surface area (Å²) >= 11 is 0.